The fourth-order valence-corrected chi connectivity index (χ4v) is 3.13. The van der Waals surface area contributed by atoms with E-state index < -0.39 is 0 Å². The fourth-order valence-electron chi connectivity index (χ4n) is 3.13. The molecule has 1 amide bonds. The van der Waals surface area contributed by atoms with E-state index in [1.54, 1.807) is 0 Å². The van der Waals surface area contributed by atoms with Gasteiger partial charge < -0.3 is 10.2 Å². The molecular weight excluding hydrogens is 212 g/mol. The summed E-state index contributed by atoms with van der Waals surface area (Å²) in [6.45, 7) is 5.18. The van der Waals surface area contributed by atoms with Crippen LogP contribution in [0.4, 0.5) is 0 Å². The van der Waals surface area contributed by atoms with Gasteiger partial charge in [-0.3, -0.25) is 4.79 Å². The Balaban J connectivity index is 1.99. The van der Waals surface area contributed by atoms with Crippen molar-refractivity contribution in [1.29, 1.82) is 0 Å². The van der Waals surface area contributed by atoms with Gasteiger partial charge in [-0.05, 0) is 51.1 Å². The summed E-state index contributed by atoms with van der Waals surface area (Å²) in [7, 11) is 2.00. The molecule has 1 N–H and O–H groups in total. The minimum absolute atomic E-state index is 0.0519. The Labute approximate surface area is 105 Å². The standard InChI is InChI=1S/C14H26N2O/c1-3-6-14(7-9-15-10-8-14)13(17)16(2)11-12-4-5-12/h12,15H,3-11H2,1-2H3. The summed E-state index contributed by atoms with van der Waals surface area (Å²) in [5, 5.41) is 3.37. The average molecular weight is 238 g/mol. The lowest BCUT2D eigenvalue weighted by atomic mass is 9.74. The molecule has 2 fully saturated rings. The van der Waals surface area contributed by atoms with Crippen LogP contribution in [0.3, 0.4) is 0 Å². The van der Waals surface area contributed by atoms with Crippen LogP contribution in [0.5, 0.6) is 0 Å². The molecule has 1 heterocycles. The highest BCUT2D eigenvalue weighted by atomic mass is 16.2. The molecule has 3 nitrogen and oxygen atoms in total. The van der Waals surface area contributed by atoms with Gasteiger partial charge in [0.2, 0.25) is 5.91 Å². The number of nitrogens with one attached hydrogen (secondary N) is 1. The van der Waals surface area contributed by atoms with E-state index >= 15 is 0 Å². The number of hydrogen-bond acceptors (Lipinski definition) is 2. The van der Waals surface area contributed by atoms with Crippen LogP contribution >= 0.6 is 0 Å². The Kier molecular flexibility index (Phi) is 4.08. The number of amides is 1. The van der Waals surface area contributed by atoms with Crippen molar-refractivity contribution < 1.29 is 4.79 Å². The maximum absolute atomic E-state index is 12.7. The molecule has 1 aliphatic heterocycles. The zero-order valence-electron chi connectivity index (χ0n) is 11.3. The van der Waals surface area contributed by atoms with Gasteiger partial charge >= 0.3 is 0 Å². The zero-order valence-corrected chi connectivity index (χ0v) is 11.3. The number of hydrogen-bond donors (Lipinski definition) is 1. The van der Waals surface area contributed by atoms with Crippen molar-refractivity contribution in [3.05, 3.63) is 0 Å². The first kappa shape index (κ1) is 12.9. The first-order valence-corrected chi connectivity index (χ1v) is 7.14. The molecule has 0 radical (unpaired) electrons. The van der Waals surface area contributed by atoms with Crippen LogP contribution in [0.1, 0.15) is 45.4 Å². The topological polar surface area (TPSA) is 32.3 Å². The van der Waals surface area contributed by atoms with Crippen LogP contribution in [0.15, 0.2) is 0 Å². The second kappa shape index (κ2) is 5.38. The van der Waals surface area contributed by atoms with Crippen LogP contribution in [0.25, 0.3) is 0 Å². The molecule has 2 aliphatic rings. The summed E-state index contributed by atoms with van der Waals surface area (Å²) in [6.07, 6.45) is 6.86. The summed E-state index contributed by atoms with van der Waals surface area (Å²) in [5.41, 5.74) is -0.0519. The van der Waals surface area contributed by atoms with Crippen molar-refractivity contribution in [2.75, 3.05) is 26.7 Å². The summed E-state index contributed by atoms with van der Waals surface area (Å²) < 4.78 is 0. The third-order valence-corrected chi connectivity index (χ3v) is 4.32. The van der Waals surface area contributed by atoms with Gasteiger partial charge in [0.05, 0.1) is 5.41 Å². The zero-order chi connectivity index (χ0) is 12.3. The Bertz CT molecular complexity index is 262. The Morgan fingerprint density at radius 3 is 2.53 bits per heavy atom. The molecule has 0 bridgehead atoms. The Morgan fingerprint density at radius 2 is 2.00 bits per heavy atom. The minimum Gasteiger partial charge on any atom is -0.345 e. The maximum atomic E-state index is 12.7. The van der Waals surface area contributed by atoms with Crippen LogP contribution in [-0.2, 0) is 4.79 Å². The molecule has 0 unspecified atom stereocenters. The number of piperidine rings is 1. The van der Waals surface area contributed by atoms with Crippen LogP contribution < -0.4 is 5.32 Å². The van der Waals surface area contributed by atoms with E-state index in [9.17, 15) is 4.79 Å². The predicted molar refractivity (Wildman–Crippen MR) is 69.8 cm³/mol. The van der Waals surface area contributed by atoms with Crippen molar-refractivity contribution in [3.8, 4) is 0 Å². The smallest absolute Gasteiger partial charge is 0.228 e. The SMILES string of the molecule is CCCC1(C(=O)N(C)CC2CC2)CCNCC1. The van der Waals surface area contributed by atoms with Gasteiger partial charge in [0.25, 0.3) is 0 Å². The van der Waals surface area contributed by atoms with E-state index in [1.165, 1.54) is 12.8 Å². The molecule has 1 saturated carbocycles. The van der Waals surface area contributed by atoms with Crippen molar-refractivity contribution in [1.82, 2.24) is 10.2 Å². The van der Waals surface area contributed by atoms with Crippen molar-refractivity contribution >= 4 is 5.91 Å². The van der Waals surface area contributed by atoms with E-state index in [2.05, 4.69) is 12.2 Å². The second-order valence-corrected chi connectivity index (χ2v) is 5.91. The van der Waals surface area contributed by atoms with Gasteiger partial charge in [0, 0.05) is 13.6 Å². The molecule has 0 aromatic rings. The Morgan fingerprint density at radius 1 is 1.35 bits per heavy atom. The van der Waals surface area contributed by atoms with Gasteiger partial charge in [-0.25, -0.2) is 0 Å². The highest BCUT2D eigenvalue weighted by molar-refractivity contribution is 5.82. The molecule has 98 valence electrons. The molecule has 17 heavy (non-hydrogen) atoms. The minimum atomic E-state index is -0.0519. The van der Waals surface area contributed by atoms with Gasteiger partial charge in [-0.2, -0.15) is 0 Å². The van der Waals surface area contributed by atoms with E-state index in [4.69, 9.17) is 0 Å². The molecule has 3 heteroatoms. The highest BCUT2D eigenvalue weighted by Gasteiger charge is 2.41. The van der Waals surface area contributed by atoms with Gasteiger partial charge in [-0.15, -0.1) is 0 Å². The van der Waals surface area contributed by atoms with Crippen LogP contribution in [0, 0.1) is 11.3 Å². The molecule has 0 aromatic carbocycles. The van der Waals surface area contributed by atoms with E-state index in [0.29, 0.717) is 5.91 Å². The van der Waals surface area contributed by atoms with Crippen molar-refractivity contribution in [2.24, 2.45) is 11.3 Å². The van der Waals surface area contributed by atoms with Gasteiger partial charge in [-0.1, -0.05) is 13.3 Å². The molecule has 2 rings (SSSR count). The lowest BCUT2D eigenvalue weighted by Gasteiger charge is -2.39. The van der Waals surface area contributed by atoms with Gasteiger partial charge in [0.1, 0.15) is 0 Å². The van der Waals surface area contributed by atoms with E-state index in [1.807, 2.05) is 11.9 Å². The quantitative estimate of drug-likeness (QED) is 0.795. The number of rotatable bonds is 5. The summed E-state index contributed by atoms with van der Waals surface area (Å²) in [5.74, 6) is 1.21. The fraction of sp³-hybridized carbons (Fsp3) is 0.929. The lowest BCUT2D eigenvalue weighted by molar-refractivity contribution is -0.143. The van der Waals surface area contributed by atoms with Crippen molar-refractivity contribution in [3.63, 3.8) is 0 Å². The highest BCUT2D eigenvalue weighted by Crippen LogP contribution is 2.37. The molecule has 0 atom stereocenters. The summed E-state index contributed by atoms with van der Waals surface area (Å²) in [6, 6.07) is 0. The summed E-state index contributed by atoms with van der Waals surface area (Å²) >= 11 is 0. The monoisotopic (exact) mass is 238 g/mol. The molecular formula is C14H26N2O. The molecule has 1 aliphatic carbocycles. The van der Waals surface area contributed by atoms with Crippen LogP contribution in [0.2, 0.25) is 0 Å². The largest absolute Gasteiger partial charge is 0.345 e. The third-order valence-electron chi connectivity index (χ3n) is 4.32. The second-order valence-electron chi connectivity index (χ2n) is 5.91. The number of carbonyl (C=O) groups is 1. The normalized spacial score (nSPS) is 23.4. The van der Waals surface area contributed by atoms with Gasteiger partial charge in [0.15, 0.2) is 0 Å². The first-order chi connectivity index (χ1) is 8.18. The average Bonchev–Trinajstić information content (AvgIpc) is 3.13. The maximum Gasteiger partial charge on any atom is 0.228 e. The van der Waals surface area contributed by atoms with E-state index in [0.717, 1.165) is 51.2 Å². The van der Waals surface area contributed by atoms with Crippen molar-refractivity contribution in [2.45, 2.75) is 45.4 Å². The number of carbonyl (C=O) groups excluding carboxylic acids is 1. The number of nitrogens with zero attached hydrogens (tertiary/aromatic N) is 1. The summed E-state index contributed by atoms with van der Waals surface area (Å²) in [4.78, 5) is 14.7. The van der Waals surface area contributed by atoms with Crippen LogP contribution in [-0.4, -0.2) is 37.5 Å². The predicted octanol–water partition coefficient (Wildman–Crippen LogP) is 2.02. The molecule has 1 saturated heterocycles. The van der Waals surface area contributed by atoms with E-state index in [-0.39, 0.29) is 5.41 Å². The molecule has 0 spiro atoms. The lowest BCUT2D eigenvalue weighted by Crippen LogP contribution is -2.48. The molecule has 0 aromatic heterocycles. The first-order valence-electron chi connectivity index (χ1n) is 7.14. The third kappa shape index (κ3) is 3.01. The Hall–Kier alpha value is -0.570.